The van der Waals surface area contributed by atoms with E-state index >= 15 is 0 Å². The first-order valence-electron chi connectivity index (χ1n) is 3.49. The molecule has 0 aliphatic heterocycles. The van der Waals surface area contributed by atoms with E-state index in [2.05, 4.69) is 4.98 Å². The van der Waals surface area contributed by atoms with Gasteiger partial charge in [0.2, 0.25) is 0 Å². The number of anilines is 2. The molecule has 1 aromatic rings. The molecule has 72 valence electrons. The lowest BCUT2D eigenvalue weighted by molar-refractivity contribution is 0.142. The Morgan fingerprint density at radius 3 is 2.54 bits per heavy atom. The molecule has 0 unspecified atom stereocenters. The van der Waals surface area contributed by atoms with Crippen molar-refractivity contribution in [3.63, 3.8) is 0 Å². The number of aromatic nitrogens is 1. The Balaban J connectivity index is 3.30. The van der Waals surface area contributed by atoms with Gasteiger partial charge in [-0.05, 0) is 0 Å². The summed E-state index contributed by atoms with van der Waals surface area (Å²) in [6.07, 6.45) is -1.71. The molecular formula is C7H9F2N3O. The molecule has 1 heterocycles. The Morgan fingerprint density at radius 1 is 1.46 bits per heavy atom. The van der Waals surface area contributed by atoms with Gasteiger partial charge in [-0.1, -0.05) is 0 Å². The number of aliphatic hydroxyl groups is 1. The van der Waals surface area contributed by atoms with Gasteiger partial charge < -0.3 is 16.6 Å². The van der Waals surface area contributed by atoms with Crippen LogP contribution in [-0.4, -0.2) is 10.1 Å². The third kappa shape index (κ3) is 1.67. The van der Waals surface area contributed by atoms with Crippen LogP contribution in [0.1, 0.15) is 17.7 Å². The Hall–Kier alpha value is -1.43. The van der Waals surface area contributed by atoms with E-state index in [9.17, 15) is 8.78 Å². The highest BCUT2D eigenvalue weighted by molar-refractivity contribution is 5.67. The van der Waals surface area contributed by atoms with Gasteiger partial charge in [-0.15, -0.1) is 0 Å². The highest BCUT2D eigenvalue weighted by Gasteiger charge is 2.17. The van der Waals surface area contributed by atoms with E-state index in [-0.39, 0.29) is 16.9 Å². The molecule has 13 heavy (non-hydrogen) atoms. The molecule has 0 aliphatic carbocycles. The number of rotatable bonds is 2. The van der Waals surface area contributed by atoms with Crippen molar-refractivity contribution in [3.05, 3.63) is 17.5 Å². The lowest BCUT2D eigenvalue weighted by atomic mass is 10.1. The van der Waals surface area contributed by atoms with Crippen LogP contribution in [-0.2, 0) is 6.61 Å². The number of nitrogen functional groups attached to an aromatic ring is 2. The average molecular weight is 189 g/mol. The first-order valence-corrected chi connectivity index (χ1v) is 3.49. The lowest BCUT2D eigenvalue weighted by Gasteiger charge is -2.09. The van der Waals surface area contributed by atoms with Gasteiger partial charge in [0.1, 0.15) is 5.69 Å². The highest BCUT2D eigenvalue weighted by atomic mass is 19.3. The molecular weight excluding hydrogens is 180 g/mol. The van der Waals surface area contributed by atoms with Gasteiger partial charge >= 0.3 is 0 Å². The van der Waals surface area contributed by atoms with Gasteiger partial charge in [0.15, 0.2) is 0 Å². The second kappa shape index (κ2) is 3.53. The molecule has 6 heteroatoms. The molecule has 0 bridgehead atoms. The van der Waals surface area contributed by atoms with E-state index in [1.54, 1.807) is 0 Å². The van der Waals surface area contributed by atoms with Crippen molar-refractivity contribution in [2.75, 3.05) is 11.5 Å². The van der Waals surface area contributed by atoms with Gasteiger partial charge in [-0.25, -0.2) is 8.78 Å². The third-order valence-corrected chi connectivity index (χ3v) is 1.65. The SMILES string of the molecule is Nc1cnc(C(F)F)c(CO)c1N. The van der Waals surface area contributed by atoms with Crippen LogP contribution in [0.2, 0.25) is 0 Å². The number of alkyl halides is 2. The first-order chi connectivity index (χ1) is 6.07. The largest absolute Gasteiger partial charge is 0.397 e. The van der Waals surface area contributed by atoms with Crippen molar-refractivity contribution in [2.45, 2.75) is 13.0 Å². The van der Waals surface area contributed by atoms with Gasteiger partial charge in [-0.3, -0.25) is 4.98 Å². The Kier molecular flexibility index (Phi) is 2.62. The van der Waals surface area contributed by atoms with Crippen molar-refractivity contribution in [2.24, 2.45) is 0 Å². The Labute approximate surface area is 73.2 Å². The maximum absolute atomic E-state index is 12.3. The smallest absolute Gasteiger partial charge is 0.280 e. The number of nitrogens with zero attached hydrogens (tertiary/aromatic N) is 1. The topological polar surface area (TPSA) is 85.2 Å². The molecule has 0 atom stereocenters. The molecule has 0 radical (unpaired) electrons. The standard InChI is InChI=1S/C7H9F2N3O/c8-7(9)6-3(2-13)5(11)4(10)1-12-6/h1,7,13H,2,10H2,(H2,11,12). The van der Waals surface area contributed by atoms with Gasteiger partial charge in [0, 0.05) is 5.56 Å². The Morgan fingerprint density at radius 2 is 2.08 bits per heavy atom. The number of nitrogens with two attached hydrogens (primary N) is 2. The molecule has 0 saturated heterocycles. The molecule has 1 rings (SSSR count). The monoisotopic (exact) mass is 189 g/mol. The maximum Gasteiger partial charge on any atom is 0.280 e. The fraction of sp³-hybridized carbons (Fsp3) is 0.286. The van der Waals surface area contributed by atoms with Crippen molar-refractivity contribution < 1.29 is 13.9 Å². The second-order valence-electron chi connectivity index (χ2n) is 2.45. The molecule has 0 spiro atoms. The van der Waals surface area contributed by atoms with Gasteiger partial charge in [0.05, 0.1) is 24.2 Å². The molecule has 0 aliphatic rings. The summed E-state index contributed by atoms with van der Waals surface area (Å²) < 4.78 is 24.5. The Bertz CT molecular complexity index is 317. The zero-order valence-electron chi connectivity index (χ0n) is 6.67. The van der Waals surface area contributed by atoms with E-state index in [4.69, 9.17) is 16.6 Å². The van der Waals surface area contributed by atoms with E-state index in [1.807, 2.05) is 0 Å². The zero-order valence-corrected chi connectivity index (χ0v) is 6.67. The number of hydrogen-bond donors (Lipinski definition) is 3. The summed E-state index contributed by atoms with van der Waals surface area (Å²) in [5.74, 6) is 0. The van der Waals surface area contributed by atoms with Crippen LogP contribution < -0.4 is 11.5 Å². The second-order valence-corrected chi connectivity index (χ2v) is 2.45. The van der Waals surface area contributed by atoms with Crippen LogP contribution in [0.3, 0.4) is 0 Å². The van der Waals surface area contributed by atoms with Crippen LogP contribution in [0.4, 0.5) is 20.2 Å². The number of aliphatic hydroxyl groups excluding tert-OH is 1. The minimum Gasteiger partial charge on any atom is -0.397 e. The first kappa shape index (κ1) is 9.66. The van der Waals surface area contributed by atoms with Crippen molar-refractivity contribution in [1.29, 1.82) is 0 Å². The highest BCUT2D eigenvalue weighted by Crippen LogP contribution is 2.28. The predicted molar refractivity (Wildman–Crippen MR) is 43.9 cm³/mol. The molecule has 0 fully saturated rings. The average Bonchev–Trinajstić information content (AvgIpc) is 2.09. The van der Waals surface area contributed by atoms with Crippen LogP contribution in [0.25, 0.3) is 0 Å². The predicted octanol–water partition coefficient (Wildman–Crippen LogP) is 0.676. The zero-order chi connectivity index (χ0) is 10.0. The van der Waals surface area contributed by atoms with Gasteiger partial charge in [-0.2, -0.15) is 0 Å². The van der Waals surface area contributed by atoms with Crippen LogP contribution >= 0.6 is 0 Å². The molecule has 0 saturated carbocycles. The quantitative estimate of drug-likeness (QED) is 0.638. The summed E-state index contributed by atoms with van der Waals surface area (Å²) >= 11 is 0. The molecule has 0 amide bonds. The summed E-state index contributed by atoms with van der Waals surface area (Å²) in [5.41, 5.74) is 10.1. The molecule has 1 aromatic heterocycles. The van der Waals surface area contributed by atoms with Crippen LogP contribution in [0, 0.1) is 0 Å². The summed E-state index contributed by atoms with van der Waals surface area (Å²) in [6, 6.07) is 0. The van der Waals surface area contributed by atoms with Crippen molar-refractivity contribution in [1.82, 2.24) is 4.98 Å². The lowest BCUT2D eigenvalue weighted by Crippen LogP contribution is -2.06. The van der Waals surface area contributed by atoms with Crippen LogP contribution in [0.5, 0.6) is 0 Å². The van der Waals surface area contributed by atoms with Crippen molar-refractivity contribution >= 4 is 11.4 Å². The van der Waals surface area contributed by atoms with Gasteiger partial charge in [0.25, 0.3) is 6.43 Å². The maximum atomic E-state index is 12.3. The van der Waals surface area contributed by atoms with Crippen LogP contribution in [0.15, 0.2) is 6.20 Å². The van der Waals surface area contributed by atoms with E-state index in [0.717, 1.165) is 6.20 Å². The summed E-state index contributed by atoms with van der Waals surface area (Å²) in [7, 11) is 0. The third-order valence-electron chi connectivity index (χ3n) is 1.65. The summed E-state index contributed by atoms with van der Waals surface area (Å²) in [4.78, 5) is 3.39. The summed E-state index contributed by atoms with van der Waals surface area (Å²) in [6.45, 7) is -0.594. The fourth-order valence-electron chi connectivity index (χ4n) is 0.953. The van der Waals surface area contributed by atoms with E-state index < -0.39 is 18.7 Å². The minimum absolute atomic E-state index is 0.0344. The minimum atomic E-state index is -2.76. The van der Waals surface area contributed by atoms with E-state index in [0.29, 0.717) is 0 Å². The number of halogens is 2. The number of hydrogen-bond acceptors (Lipinski definition) is 4. The van der Waals surface area contributed by atoms with E-state index in [1.165, 1.54) is 0 Å². The number of pyridine rings is 1. The molecule has 0 aromatic carbocycles. The molecule has 5 N–H and O–H groups in total. The normalized spacial score (nSPS) is 10.8. The van der Waals surface area contributed by atoms with Crippen molar-refractivity contribution in [3.8, 4) is 0 Å². The fourth-order valence-corrected chi connectivity index (χ4v) is 0.953. The molecule has 4 nitrogen and oxygen atoms in total. The summed E-state index contributed by atoms with van der Waals surface area (Å²) in [5, 5.41) is 8.76.